The molecule has 0 spiro atoms. The molecule has 140 valence electrons. The zero-order chi connectivity index (χ0) is 18.2. The predicted octanol–water partition coefficient (Wildman–Crippen LogP) is 2.82. The summed E-state index contributed by atoms with van der Waals surface area (Å²) in [5, 5.41) is 4.24. The number of piperidine rings is 1. The van der Waals surface area contributed by atoms with Gasteiger partial charge in [0.15, 0.2) is 0 Å². The minimum absolute atomic E-state index is 0.128. The molecule has 2 fully saturated rings. The van der Waals surface area contributed by atoms with Crippen LogP contribution in [0.1, 0.15) is 52.0 Å². The average Bonchev–Trinajstić information content (AvgIpc) is 3.04. The van der Waals surface area contributed by atoms with Crippen LogP contribution in [0.25, 0.3) is 0 Å². The fraction of sp³-hybridized carbons (Fsp3) is 0.789. The number of hydrogen-bond acceptors (Lipinski definition) is 4. The summed E-state index contributed by atoms with van der Waals surface area (Å²) in [5.41, 5.74) is 0.858. The summed E-state index contributed by atoms with van der Waals surface area (Å²) in [6.07, 6.45) is 9.25. The van der Waals surface area contributed by atoms with Crippen molar-refractivity contribution in [3.05, 3.63) is 18.0 Å². The second-order valence-corrected chi connectivity index (χ2v) is 8.65. The molecule has 2 aliphatic rings. The number of hydrogen-bond donors (Lipinski definition) is 0. The molecule has 25 heavy (non-hydrogen) atoms. The Kier molecular flexibility index (Phi) is 5.09. The van der Waals surface area contributed by atoms with Crippen molar-refractivity contribution in [1.29, 1.82) is 0 Å². The number of carbonyl (C=O) groups is 1. The Hall–Kier alpha value is -1.56. The molecule has 3 atom stereocenters. The van der Waals surface area contributed by atoms with Gasteiger partial charge in [0, 0.05) is 37.9 Å². The molecule has 6 heteroatoms. The highest BCUT2D eigenvalue weighted by Gasteiger charge is 2.45. The van der Waals surface area contributed by atoms with Crippen LogP contribution in [0.3, 0.4) is 0 Å². The SMILES string of the molecule is CN(CCc1cnn(C)c1)C1C[C@H]2CC[C@@H](C1)N2C(=O)OC(C)(C)C. The smallest absolute Gasteiger partial charge is 0.410 e. The molecule has 3 rings (SSSR count). The molecule has 1 amide bonds. The number of nitrogens with zero attached hydrogens (tertiary/aromatic N) is 4. The van der Waals surface area contributed by atoms with Crippen LogP contribution in [-0.4, -0.2) is 63.0 Å². The summed E-state index contributed by atoms with van der Waals surface area (Å²) in [4.78, 5) is 17.0. The van der Waals surface area contributed by atoms with Crippen molar-refractivity contribution in [3.63, 3.8) is 0 Å². The molecule has 1 aromatic heterocycles. The fourth-order valence-electron chi connectivity index (χ4n) is 4.21. The van der Waals surface area contributed by atoms with Crippen LogP contribution < -0.4 is 0 Å². The molecule has 2 saturated heterocycles. The van der Waals surface area contributed by atoms with E-state index in [2.05, 4.69) is 23.2 Å². The number of aromatic nitrogens is 2. The molecular formula is C19H32N4O2. The molecule has 0 saturated carbocycles. The predicted molar refractivity (Wildman–Crippen MR) is 97.4 cm³/mol. The van der Waals surface area contributed by atoms with Gasteiger partial charge >= 0.3 is 6.09 Å². The molecule has 2 aliphatic heterocycles. The molecule has 0 aliphatic carbocycles. The standard InChI is InChI=1S/C19H32N4O2/c1-19(2,3)25-18(24)23-15-6-7-16(23)11-17(10-15)21(4)9-8-14-12-20-22(5)13-14/h12-13,15-17H,6-11H2,1-5H3/t15-,16+,17?. The van der Waals surface area contributed by atoms with Gasteiger partial charge < -0.3 is 14.5 Å². The summed E-state index contributed by atoms with van der Waals surface area (Å²) in [6, 6.07) is 1.21. The van der Waals surface area contributed by atoms with Gasteiger partial charge in [-0.1, -0.05) is 0 Å². The van der Waals surface area contributed by atoms with Crippen molar-refractivity contribution in [2.24, 2.45) is 7.05 Å². The first-order valence-electron chi connectivity index (χ1n) is 9.42. The number of ether oxygens (including phenoxy) is 1. The second kappa shape index (κ2) is 6.98. The summed E-state index contributed by atoms with van der Waals surface area (Å²) in [7, 11) is 4.17. The second-order valence-electron chi connectivity index (χ2n) is 8.65. The van der Waals surface area contributed by atoms with Crippen molar-refractivity contribution in [2.75, 3.05) is 13.6 Å². The Balaban J connectivity index is 1.55. The average molecular weight is 348 g/mol. The first-order valence-corrected chi connectivity index (χ1v) is 9.42. The molecule has 0 aromatic carbocycles. The molecule has 0 N–H and O–H groups in total. The van der Waals surface area contributed by atoms with Crippen molar-refractivity contribution in [2.45, 2.75) is 76.6 Å². The number of carbonyl (C=O) groups excluding carboxylic acids is 1. The lowest BCUT2D eigenvalue weighted by molar-refractivity contribution is -0.00209. The van der Waals surface area contributed by atoms with Crippen LogP contribution in [-0.2, 0) is 18.2 Å². The third kappa shape index (κ3) is 4.35. The van der Waals surface area contributed by atoms with E-state index in [1.165, 1.54) is 5.56 Å². The number of amides is 1. The Labute approximate surface area is 151 Å². The molecule has 0 radical (unpaired) electrons. The third-order valence-corrected chi connectivity index (χ3v) is 5.45. The van der Waals surface area contributed by atoms with E-state index >= 15 is 0 Å². The van der Waals surface area contributed by atoms with Gasteiger partial charge in [0.25, 0.3) is 0 Å². The minimum Gasteiger partial charge on any atom is -0.444 e. The lowest BCUT2D eigenvalue weighted by Gasteiger charge is -2.42. The van der Waals surface area contributed by atoms with Crippen LogP contribution in [0.2, 0.25) is 0 Å². The van der Waals surface area contributed by atoms with Crippen LogP contribution in [0.15, 0.2) is 12.4 Å². The molecular weight excluding hydrogens is 316 g/mol. The van der Waals surface area contributed by atoms with Gasteiger partial charge in [-0.05, 0) is 65.5 Å². The van der Waals surface area contributed by atoms with E-state index in [9.17, 15) is 4.79 Å². The van der Waals surface area contributed by atoms with Gasteiger partial charge in [0.1, 0.15) is 5.60 Å². The van der Waals surface area contributed by atoms with Crippen molar-refractivity contribution in [1.82, 2.24) is 19.6 Å². The highest BCUT2D eigenvalue weighted by Crippen LogP contribution is 2.38. The Morgan fingerprint density at radius 1 is 1.32 bits per heavy atom. The van der Waals surface area contributed by atoms with E-state index in [0.29, 0.717) is 18.1 Å². The van der Waals surface area contributed by atoms with E-state index in [1.807, 2.05) is 43.6 Å². The molecule has 1 aromatic rings. The maximum atomic E-state index is 12.5. The van der Waals surface area contributed by atoms with Gasteiger partial charge in [-0.25, -0.2) is 4.79 Å². The summed E-state index contributed by atoms with van der Waals surface area (Å²) in [6.45, 7) is 6.84. The van der Waals surface area contributed by atoms with Gasteiger partial charge in [-0.2, -0.15) is 5.10 Å². The van der Waals surface area contributed by atoms with Crippen LogP contribution in [0, 0.1) is 0 Å². The minimum atomic E-state index is -0.423. The third-order valence-electron chi connectivity index (χ3n) is 5.45. The topological polar surface area (TPSA) is 50.6 Å². The maximum absolute atomic E-state index is 12.5. The molecule has 3 heterocycles. The summed E-state index contributed by atoms with van der Waals surface area (Å²) >= 11 is 0. The maximum Gasteiger partial charge on any atom is 0.410 e. The Bertz CT molecular complexity index is 593. The first-order chi connectivity index (χ1) is 11.7. The Morgan fingerprint density at radius 3 is 2.48 bits per heavy atom. The molecule has 6 nitrogen and oxygen atoms in total. The fourth-order valence-corrected chi connectivity index (χ4v) is 4.21. The van der Waals surface area contributed by atoms with Gasteiger partial charge in [-0.3, -0.25) is 4.68 Å². The number of rotatable bonds is 4. The van der Waals surface area contributed by atoms with Crippen molar-refractivity contribution >= 4 is 6.09 Å². The number of likely N-dealkylation sites (N-methyl/N-ethyl adjacent to an activating group) is 1. The van der Waals surface area contributed by atoms with E-state index in [4.69, 9.17) is 4.74 Å². The number of fused-ring (bicyclic) bond motifs is 2. The van der Waals surface area contributed by atoms with Crippen LogP contribution in [0.4, 0.5) is 4.79 Å². The van der Waals surface area contributed by atoms with E-state index < -0.39 is 5.60 Å². The summed E-state index contributed by atoms with van der Waals surface area (Å²) < 4.78 is 7.48. The van der Waals surface area contributed by atoms with Gasteiger partial charge in [0.2, 0.25) is 0 Å². The highest BCUT2D eigenvalue weighted by molar-refractivity contribution is 5.69. The van der Waals surface area contributed by atoms with Crippen LogP contribution in [0.5, 0.6) is 0 Å². The zero-order valence-electron chi connectivity index (χ0n) is 16.2. The molecule has 1 unspecified atom stereocenters. The lowest BCUT2D eigenvalue weighted by Crippen LogP contribution is -2.53. The zero-order valence-corrected chi connectivity index (χ0v) is 16.2. The van der Waals surface area contributed by atoms with E-state index in [0.717, 1.165) is 38.6 Å². The molecule has 2 bridgehead atoms. The van der Waals surface area contributed by atoms with Crippen molar-refractivity contribution < 1.29 is 9.53 Å². The summed E-state index contributed by atoms with van der Waals surface area (Å²) in [5.74, 6) is 0. The van der Waals surface area contributed by atoms with Crippen molar-refractivity contribution in [3.8, 4) is 0 Å². The van der Waals surface area contributed by atoms with Gasteiger partial charge in [0.05, 0.1) is 6.20 Å². The lowest BCUT2D eigenvalue weighted by atomic mass is 9.96. The van der Waals surface area contributed by atoms with E-state index in [-0.39, 0.29) is 6.09 Å². The van der Waals surface area contributed by atoms with E-state index in [1.54, 1.807) is 0 Å². The highest BCUT2D eigenvalue weighted by atomic mass is 16.6. The number of aryl methyl sites for hydroxylation is 1. The van der Waals surface area contributed by atoms with Gasteiger partial charge in [-0.15, -0.1) is 0 Å². The largest absolute Gasteiger partial charge is 0.444 e. The van der Waals surface area contributed by atoms with Crippen LogP contribution >= 0.6 is 0 Å². The first kappa shape index (κ1) is 18.2. The monoisotopic (exact) mass is 348 g/mol. The Morgan fingerprint density at radius 2 is 1.96 bits per heavy atom. The normalized spacial score (nSPS) is 26.3. The quantitative estimate of drug-likeness (QED) is 0.839.